The van der Waals surface area contributed by atoms with Crippen LogP contribution in [0.4, 0.5) is 4.79 Å². The van der Waals surface area contributed by atoms with E-state index in [0.717, 1.165) is 12.8 Å². The maximum atomic E-state index is 12.8. The highest BCUT2D eigenvalue weighted by atomic mass is 35.5. The van der Waals surface area contributed by atoms with Crippen molar-refractivity contribution >= 4 is 17.7 Å². The minimum absolute atomic E-state index is 0.226. The van der Waals surface area contributed by atoms with Crippen molar-refractivity contribution in [1.29, 1.82) is 0 Å². The molecule has 1 amide bonds. The van der Waals surface area contributed by atoms with Crippen LogP contribution in [0.5, 0.6) is 0 Å². The smallest absolute Gasteiger partial charge is 0.410 e. The van der Waals surface area contributed by atoms with Crippen LogP contribution < -0.4 is 0 Å². The molecule has 0 spiro atoms. The summed E-state index contributed by atoms with van der Waals surface area (Å²) in [4.78, 5) is 17.5. The summed E-state index contributed by atoms with van der Waals surface area (Å²) < 4.78 is 5.81. The average Bonchev–Trinajstić information content (AvgIpc) is 3.43. The van der Waals surface area contributed by atoms with E-state index in [4.69, 9.17) is 16.3 Å². The lowest BCUT2D eigenvalue weighted by Gasteiger charge is -2.32. The summed E-state index contributed by atoms with van der Waals surface area (Å²) in [5.41, 5.74) is 0.701. The summed E-state index contributed by atoms with van der Waals surface area (Å²) >= 11 is 6.33. The number of amides is 1. The minimum Gasteiger partial charge on any atom is -0.439 e. The molecule has 0 saturated carbocycles. The second kappa shape index (κ2) is 8.95. The summed E-state index contributed by atoms with van der Waals surface area (Å²) in [5, 5.41) is 23.7. The first-order valence-corrected chi connectivity index (χ1v) is 9.68. The highest BCUT2D eigenvalue weighted by Gasteiger charge is 2.28. The zero-order valence-corrected chi connectivity index (χ0v) is 16.3. The number of carbonyl (C=O) groups excluding carboxylic acids is 1. The van der Waals surface area contributed by atoms with Crippen molar-refractivity contribution in [2.75, 3.05) is 13.1 Å². The highest BCUT2D eigenvalue weighted by molar-refractivity contribution is 6.31. The Morgan fingerprint density at radius 3 is 2.45 bits per heavy atom. The van der Waals surface area contributed by atoms with Crippen LogP contribution >= 0.6 is 11.6 Å². The van der Waals surface area contributed by atoms with Crippen LogP contribution in [0, 0.1) is 5.92 Å². The second-order valence-electron chi connectivity index (χ2n) is 6.81. The van der Waals surface area contributed by atoms with E-state index in [1.54, 1.807) is 15.8 Å². The van der Waals surface area contributed by atoms with Crippen LogP contribution in [-0.4, -0.2) is 64.5 Å². The van der Waals surface area contributed by atoms with Crippen molar-refractivity contribution in [2.24, 2.45) is 5.92 Å². The molecule has 0 N–H and O–H groups in total. The molecule has 1 fully saturated rings. The normalized spacial score (nSPS) is 16.0. The lowest BCUT2D eigenvalue weighted by Crippen LogP contribution is -2.40. The maximum absolute atomic E-state index is 12.8. The molecule has 2 aromatic heterocycles. The van der Waals surface area contributed by atoms with E-state index in [1.807, 2.05) is 18.2 Å². The van der Waals surface area contributed by atoms with Gasteiger partial charge in [0, 0.05) is 23.7 Å². The molecular weight excluding hydrogens is 398 g/mol. The molecule has 0 aliphatic carbocycles. The predicted octanol–water partition coefficient (Wildman–Crippen LogP) is 1.60. The number of benzene rings is 1. The van der Waals surface area contributed by atoms with Crippen molar-refractivity contribution in [3.63, 3.8) is 0 Å². The largest absolute Gasteiger partial charge is 0.439 e. The number of tetrazole rings is 2. The standard InChI is InChI=1S/C17H20ClN9O2/c18-15-4-2-1-3-14(15)16(10-27-22-12-20-24-27)29-17(28)25-7-5-13(6-8-25)9-26-21-11-19-23-26/h1-4,11-13,16H,5-10H2. The topological polar surface area (TPSA) is 117 Å². The van der Waals surface area contributed by atoms with Crippen LogP contribution in [-0.2, 0) is 17.8 Å². The van der Waals surface area contributed by atoms with Gasteiger partial charge in [-0.25, -0.2) is 4.79 Å². The SMILES string of the molecule is O=C(OC(Cn1ncnn1)c1ccccc1Cl)N1CCC(Cn2ncnn2)CC1. The van der Waals surface area contributed by atoms with Gasteiger partial charge in [-0.2, -0.15) is 9.59 Å². The van der Waals surface area contributed by atoms with Gasteiger partial charge in [0.2, 0.25) is 0 Å². The first kappa shape index (κ1) is 19.2. The third-order valence-electron chi connectivity index (χ3n) is 4.90. The van der Waals surface area contributed by atoms with Crippen molar-refractivity contribution in [2.45, 2.75) is 32.0 Å². The Kier molecular flexibility index (Phi) is 5.94. The van der Waals surface area contributed by atoms with E-state index in [0.29, 0.717) is 36.1 Å². The van der Waals surface area contributed by atoms with Gasteiger partial charge < -0.3 is 9.64 Å². The summed E-state index contributed by atoms with van der Waals surface area (Å²) in [7, 11) is 0. The fourth-order valence-electron chi connectivity index (χ4n) is 3.35. The maximum Gasteiger partial charge on any atom is 0.410 e. The van der Waals surface area contributed by atoms with Crippen LogP contribution in [0.15, 0.2) is 36.9 Å². The van der Waals surface area contributed by atoms with Crippen molar-refractivity contribution in [3.8, 4) is 0 Å². The summed E-state index contributed by atoms with van der Waals surface area (Å²) in [6.07, 6.45) is 3.44. The zero-order chi connectivity index (χ0) is 20.1. The lowest BCUT2D eigenvalue weighted by atomic mass is 9.97. The van der Waals surface area contributed by atoms with Crippen LogP contribution in [0.25, 0.3) is 0 Å². The van der Waals surface area contributed by atoms with Gasteiger partial charge in [0.1, 0.15) is 6.54 Å². The Balaban J connectivity index is 1.38. The summed E-state index contributed by atoms with van der Waals surface area (Å²) in [6, 6.07) is 7.26. The number of nitrogens with zero attached hydrogens (tertiary/aromatic N) is 9. The van der Waals surface area contributed by atoms with E-state index >= 15 is 0 Å². The summed E-state index contributed by atoms with van der Waals surface area (Å²) in [6.45, 7) is 2.14. The van der Waals surface area contributed by atoms with E-state index in [2.05, 4.69) is 30.8 Å². The Hall–Kier alpha value is -3.08. The second-order valence-corrected chi connectivity index (χ2v) is 7.21. The zero-order valence-electron chi connectivity index (χ0n) is 15.6. The molecule has 152 valence electrons. The summed E-state index contributed by atoms with van der Waals surface area (Å²) in [5.74, 6) is 0.395. The monoisotopic (exact) mass is 417 g/mol. The number of halogens is 1. The van der Waals surface area contributed by atoms with E-state index < -0.39 is 6.10 Å². The van der Waals surface area contributed by atoms with E-state index in [-0.39, 0.29) is 12.6 Å². The van der Waals surface area contributed by atoms with Gasteiger partial charge in [0.25, 0.3) is 0 Å². The quantitative estimate of drug-likeness (QED) is 0.593. The average molecular weight is 418 g/mol. The molecule has 1 aromatic carbocycles. The Bertz CT molecular complexity index is 911. The van der Waals surface area contributed by atoms with Crippen molar-refractivity contribution < 1.29 is 9.53 Å². The van der Waals surface area contributed by atoms with Crippen LogP contribution in [0.3, 0.4) is 0 Å². The Labute approximate surface area is 171 Å². The van der Waals surface area contributed by atoms with Gasteiger partial charge in [0.15, 0.2) is 18.8 Å². The molecule has 1 unspecified atom stereocenters. The number of aromatic nitrogens is 8. The van der Waals surface area contributed by atoms with Gasteiger partial charge in [-0.1, -0.05) is 29.8 Å². The lowest BCUT2D eigenvalue weighted by molar-refractivity contribution is 0.0407. The van der Waals surface area contributed by atoms with Gasteiger partial charge in [-0.3, -0.25) is 0 Å². The molecule has 11 nitrogen and oxygen atoms in total. The van der Waals surface area contributed by atoms with E-state index in [9.17, 15) is 4.79 Å². The number of likely N-dealkylation sites (tertiary alicyclic amines) is 1. The van der Waals surface area contributed by atoms with Crippen molar-refractivity contribution in [3.05, 3.63) is 47.5 Å². The fourth-order valence-corrected chi connectivity index (χ4v) is 3.61. The van der Waals surface area contributed by atoms with E-state index in [1.165, 1.54) is 17.5 Å². The first-order chi connectivity index (χ1) is 14.2. The van der Waals surface area contributed by atoms with Crippen LogP contribution in [0.1, 0.15) is 24.5 Å². The molecule has 1 aliphatic heterocycles. The number of piperidine rings is 1. The number of rotatable bonds is 6. The third kappa shape index (κ3) is 4.86. The molecule has 3 heterocycles. The molecule has 1 aliphatic rings. The molecule has 1 atom stereocenters. The number of hydrogen-bond donors (Lipinski definition) is 0. The molecule has 3 aromatic rings. The molecule has 0 bridgehead atoms. The van der Waals surface area contributed by atoms with Gasteiger partial charge in [-0.15, -0.1) is 20.4 Å². The number of carbonyl (C=O) groups is 1. The predicted molar refractivity (Wildman–Crippen MR) is 101 cm³/mol. The highest BCUT2D eigenvalue weighted by Crippen LogP contribution is 2.28. The molecule has 12 heteroatoms. The third-order valence-corrected chi connectivity index (χ3v) is 5.25. The fraction of sp³-hybridized carbons (Fsp3) is 0.471. The van der Waals surface area contributed by atoms with Gasteiger partial charge >= 0.3 is 6.09 Å². The number of ether oxygens (including phenoxy) is 1. The van der Waals surface area contributed by atoms with Gasteiger partial charge in [-0.05, 0) is 35.3 Å². The molecular formula is C17H20ClN9O2. The molecule has 4 rings (SSSR count). The van der Waals surface area contributed by atoms with Gasteiger partial charge in [0.05, 0.1) is 6.54 Å². The molecule has 29 heavy (non-hydrogen) atoms. The number of hydrogen-bond acceptors (Lipinski definition) is 8. The first-order valence-electron chi connectivity index (χ1n) is 9.30. The molecule has 0 radical (unpaired) electrons. The minimum atomic E-state index is -0.623. The Morgan fingerprint density at radius 2 is 1.79 bits per heavy atom. The Morgan fingerprint density at radius 1 is 1.10 bits per heavy atom. The van der Waals surface area contributed by atoms with Crippen molar-refractivity contribution in [1.82, 2.24) is 45.3 Å². The van der Waals surface area contributed by atoms with Crippen LogP contribution in [0.2, 0.25) is 5.02 Å². The molecule has 1 saturated heterocycles.